The van der Waals surface area contributed by atoms with E-state index in [1.165, 1.54) is 16.8 Å². The van der Waals surface area contributed by atoms with E-state index in [-0.39, 0.29) is 18.0 Å². The smallest absolute Gasteiger partial charge is 0.283 e. The molecule has 11 heteroatoms. The second-order valence-electron chi connectivity index (χ2n) is 7.87. The minimum absolute atomic E-state index is 0.00324. The Bertz CT molecular complexity index is 1290. The number of amides is 1. The molecule has 1 amide bonds. The first kappa shape index (κ1) is 26.7. The van der Waals surface area contributed by atoms with E-state index in [2.05, 4.69) is 32.9 Å². The Kier molecular flexibility index (Phi) is 8.88. The van der Waals surface area contributed by atoms with Crippen molar-refractivity contribution in [3.05, 3.63) is 52.0 Å². The zero-order valence-corrected chi connectivity index (χ0v) is 23.1. The van der Waals surface area contributed by atoms with Gasteiger partial charge in [0.15, 0.2) is 28.8 Å². The van der Waals surface area contributed by atoms with E-state index in [4.69, 9.17) is 24.4 Å². The van der Waals surface area contributed by atoms with Crippen molar-refractivity contribution in [2.24, 2.45) is 10.1 Å². The largest absolute Gasteiger partial charge is 0.493 e. The molecular formula is C26H27BrN4O5S. The Balaban J connectivity index is 1.51. The summed E-state index contributed by atoms with van der Waals surface area (Å²) in [4.78, 5) is 16.9. The van der Waals surface area contributed by atoms with E-state index < -0.39 is 5.91 Å². The third kappa shape index (κ3) is 6.16. The second-order valence-corrected chi connectivity index (χ2v) is 9.77. The van der Waals surface area contributed by atoms with Crippen LogP contribution in [0.15, 0.2) is 56.5 Å². The number of rotatable bonds is 11. The molecule has 37 heavy (non-hydrogen) atoms. The predicted molar refractivity (Wildman–Crippen MR) is 149 cm³/mol. The van der Waals surface area contributed by atoms with Crippen molar-refractivity contribution in [1.82, 2.24) is 5.01 Å². The van der Waals surface area contributed by atoms with Crippen LogP contribution in [0.25, 0.3) is 6.08 Å². The van der Waals surface area contributed by atoms with Gasteiger partial charge < -0.3 is 18.9 Å². The summed E-state index contributed by atoms with van der Waals surface area (Å²) in [5.74, 6) is 1.82. The molecule has 0 unspecified atom stereocenters. The standard InChI is InChI=1S/C26H27BrN4O5S/c1-4-8-22-30-31-24(28)17(25(32)29-26(31)37-22)13-16-14-18(27)23(21(15-16)34-5-2)36-12-11-35-20-10-7-6-9-19(20)33-3/h6-7,9-10,13-15,28H,4-5,8,11-12H2,1-3H3. The molecule has 2 aromatic rings. The summed E-state index contributed by atoms with van der Waals surface area (Å²) in [6.45, 7) is 4.91. The fourth-order valence-corrected chi connectivity index (χ4v) is 5.18. The van der Waals surface area contributed by atoms with E-state index in [1.54, 1.807) is 25.3 Å². The summed E-state index contributed by atoms with van der Waals surface area (Å²) in [5, 5.41) is 15.7. The molecule has 0 spiro atoms. The lowest BCUT2D eigenvalue weighted by Gasteiger charge is -2.20. The Morgan fingerprint density at radius 3 is 2.57 bits per heavy atom. The number of hydrogen-bond acceptors (Lipinski definition) is 8. The lowest BCUT2D eigenvalue weighted by Crippen LogP contribution is -2.35. The number of thioether (sulfide) groups is 1. The first-order chi connectivity index (χ1) is 17.9. The van der Waals surface area contributed by atoms with Crippen LogP contribution in [0.2, 0.25) is 0 Å². The maximum atomic E-state index is 12.7. The highest BCUT2D eigenvalue weighted by molar-refractivity contribution is 9.10. The predicted octanol–water partition coefficient (Wildman–Crippen LogP) is 5.73. The maximum absolute atomic E-state index is 12.7. The van der Waals surface area contributed by atoms with Gasteiger partial charge in [0, 0.05) is 0 Å². The lowest BCUT2D eigenvalue weighted by molar-refractivity contribution is -0.114. The summed E-state index contributed by atoms with van der Waals surface area (Å²) in [7, 11) is 1.59. The monoisotopic (exact) mass is 586 g/mol. The van der Waals surface area contributed by atoms with Crippen molar-refractivity contribution in [3.8, 4) is 23.0 Å². The van der Waals surface area contributed by atoms with E-state index in [9.17, 15) is 4.79 Å². The molecule has 0 saturated heterocycles. The highest BCUT2D eigenvalue weighted by Gasteiger charge is 2.35. The van der Waals surface area contributed by atoms with Gasteiger partial charge in [0.1, 0.15) is 18.3 Å². The molecule has 0 radical (unpaired) electrons. The summed E-state index contributed by atoms with van der Waals surface area (Å²) < 4.78 is 23.5. The number of carbonyl (C=O) groups excluding carboxylic acids is 1. The molecule has 0 atom stereocenters. The molecule has 2 aromatic carbocycles. The summed E-state index contributed by atoms with van der Waals surface area (Å²) >= 11 is 4.89. The quantitative estimate of drug-likeness (QED) is 0.264. The third-order valence-corrected chi connectivity index (χ3v) is 6.82. The Morgan fingerprint density at radius 1 is 1.08 bits per heavy atom. The number of ether oxygens (including phenoxy) is 4. The van der Waals surface area contributed by atoms with Gasteiger partial charge in [0.05, 0.1) is 23.8 Å². The number of methoxy groups -OCH3 is 1. The number of hydrogen-bond donors (Lipinski definition) is 1. The van der Waals surface area contributed by atoms with Crippen molar-refractivity contribution in [3.63, 3.8) is 0 Å². The fourth-order valence-electron chi connectivity index (χ4n) is 3.62. The molecule has 0 aromatic heterocycles. The third-order valence-electron chi connectivity index (χ3n) is 5.26. The van der Waals surface area contributed by atoms with Crippen molar-refractivity contribution >= 4 is 55.7 Å². The van der Waals surface area contributed by atoms with Gasteiger partial charge in [-0.1, -0.05) is 19.1 Å². The average Bonchev–Trinajstić information content (AvgIpc) is 3.28. The van der Waals surface area contributed by atoms with Crippen LogP contribution in [0.4, 0.5) is 0 Å². The number of aliphatic imine (C=N–C) groups is 1. The second kappa shape index (κ2) is 12.3. The van der Waals surface area contributed by atoms with E-state index in [0.717, 1.165) is 17.9 Å². The highest BCUT2D eigenvalue weighted by Crippen LogP contribution is 2.38. The van der Waals surface area contributed by atoms with Crippen molar-refractivity contribution in [2.75, 3.05) is 26.9 Å². The molecule has 0 fully saturated rings. The van der Waals surface area contributed by atoms with Crippen LogP contribution in [-0.4, -0.2) is 53.9 Å². The average molecular weight is 587 g/mol. The first-order valence-corrected chi connectivity index (χ1v) is 13.4. The molecule has 4 rings (SSSR count). The van der Waals surface area contributed by atoms with Crippen LogP contribution in [0, 0.1) is 5.41 Å². The SMILES string of the molecule is CCCC1=NN2C(=N)C(=Cc3cc(Br)c(OCCOc4ccccc4OC)c(OCC)c3)C(=O)N=C2S1. The number of carbonyl (C=O) groups is 1. The minimum Gasteiger partial charge on any atom is -0.493 e. The molecule has 194 valence electrons. The van der Waals surface area contributed by atoms with E-state index in [1.807, 2.05) is 31.2 Å². The van der Waals surface area contributed by atoms with Crippen LogP contribution in [0.1, 0.15) is 32.3 Å². The number of nitrogens with zero attached hydrogens (tertiary/aromatic N) is 3. The Labute approximate surface area is 228 Å². The van der Waals surface area contributed by atoms with Crippen LogP contribution < -0.4 is 18.9 Å². The molecule has 0 aliphatic carbocycles. The van der Waals surface area contributed by atoms with Gasteiger partial charge in [-0.15, -0.1) is 0 Å². The highest BCUT2D eigenvalue weighted by atomic mass is 79.9. The van der Waals surface area contributed by atoms with Gasteiger partial charge >= 0.3 is 0 Å². The Hall–Kier alpha value is -3.31. The summed E-state index contributed by atoms with van der Waals surface area (Å²) in [6, 6.07) is 11.0. The minimum atomic E-state index is -0.473. The zero-order valence-electron chi connectivity index (χ0n) is 20.7. The molecule has 0 saturated carbocycles. The topological polar surface area (TPSA) is 106 Å². The number of hydrazone groups is 1. The number of fused-ring (bicyclic) bond motifs is 1. The van der Waals surface area contributed by atoms with Gasteiger partial charge in [0.2, 0.25) is 5.17 Å². The summed E-state index contributed by atoms with van der Waals surface area (Å²) in [5.41, 5.74) is 0.809. The fraction of sp³-hybridized carbons (Fsp3) is 0.308. The van der Waals surface area contributed by atoms with Crippen LogP contribution in [0.3, 0.4) is 0 Å². The zero-order chi connectivity index (χ0) is 26.4. The molecule has 9 nitrogen and oxygen atoms in total. The molecule has 1 N–H and O–H groups in total. The molecule has 2 aliphatic rings. The number of halogens is 1. The van der Waals surface area contributed by atoms with Crippen molar-refractivity contribution in [2.45, 2.75) is 26.7 Å². The normalized spacial score (nSPS) is 15.9. The van der Waals surface area contributed by atoms with E-state index >= 15 is 0 Å². The van der Waals surface area contributed by atoms with Crippen LogP contribution in [-0.2, 0) is 4.79 Å². The Morgan fingerprint density at radius 2 is 1.84 bits per heavy atom. The first-order valence-electron chi connectivity index (χ1n) is 11.8. The van der Waals surface area contributed by atoms with E-state index in [0.29, 0.717) is 51.4 Å². The van der Waals surface area contributed by atoms with Crippen molar-refractivity contribution in [1.29, 1.82) is 5.41 Å². The van der Waals surface area contributed by atoms with Gasteiger partial charge in [-0.25, -0.2) is 0 Å². The lowest BCUT2D eigenvalue weighted by atomic mass is 10.1. The van der Waals surface area contributed by atoms with Crippen molar-refractivity contribution < 1.29 is 23.7 Å². The summed E-state index contributed by atoms with van der Waals surface area (Å²) in [6.07, 6.45) is 3.31. The van der Waals surface area contributed by atoms with Crippen LogP contribution in [0.5, 0.6) is 23.0 Å². The van der Waals surface area contributed by atoms with Crippen LogP contribution >= 0.6 is 27.7 Å². The number of nitrogens with one attached hydrogen (secondary N) is 1. The molecule has 0 bridgehead atoms. The van der Waals surface area contributed by atoms with Gasteiger partial charge in [-0.05, 0) is 83.4 Å². The molecule has 2 aliphatic heterocycles. The molecular weight excluding hydrogens is 560 g/mol. The van der Waals surface area contributed by atoms with Gasteiger partial charge in [0.25, 0.3) is 5.91 Å². The number of para-hydroxylation sites is 2. The number of benzene rings is 2. The maximum Gasteiger partial charge on any atom is 0.283 e. The number of amidine groups is 2. The van der Waals surface area contributed by atoms with Gasteiger partial charge in [-0.2, -0.15) is 15.1 Å². The molecule has 2 heterocycles. The van der Waals surface area contributed by atoms with Gasteiger partial charge in [-0.3, -0.25) is 10.2 Å².